The van der Waals surface area contributed by atoms with E-state index in [1.165, 1.54) is 0 Å². The van der Waals surface area contributed by atoms with E-state index < -0.39 is 30.5 Å². The third-order valence-electron chi connectivity index (χ3n) is 2.25. The largest absolute Gasteiger partial charge is 0.330 e. The van der Waals surface area contributed by atoms with Crippen LogP contribution < -0.4 is 10.5 Å². The smallest absolute Gasteiger partial charge is 0.226 e. The molecule has 0 heterocycles. The molecule has 1 atom stereocenters. The Labute approximate surface area is 97.6 Å². The lowest BCUT2D eigenvalue weighted by atomic mass is 9.96. The summed E-state index contributed by atoms with van der Waals surface area (Å²) in [6.07, 6.45) is 1.90. The molecule has 0 aromatic rings. The van der Waals surface area contributed by atoms with Gasteiger partial charge in [-0.2, -0.15) is 0 Å². The first-order valence-electron chi connectivity index (χ1n) is 4.93. The molecule has 0 bridgehead atoms. The fourth-order valence-electron chi connectivity index (χ4n) is 1.31. The van der Waals surface area contributed by atoms with Crippen LogP contribution in [-0.2, 0) is 19.9 Å². The summed E-state index contributed by atoms with van der Waals surface area (Å²) < 4.78 is 47.4. The van der Waals surface area contributed by atoms with Gasteiger partial charge >= 0.3 is 0 Å². The summed E-state index contributed by atoms with van der Waals surface area (Å²) in [6, 6.07) is 0. The topological polar surface area (TPSA) is 106 Å². The first kappa shape index (κ1) is 15.8. The first-order chi connectivity index (χ1) is 7.04. The number of sulfone groups is 1. The fourth-order valence-corrected chi connectivity index (χ4v) is 4.79. The predicted octanol–water partition coefficient (Wildman–Crippen LogP) is -0.575. The van der Waals surface area contributed by atoms with E-state index in [-0.39, 0.29) is 0 Å². The van der Waals surface area contributed by atoms with E-state index in [4.69, 9.17) is 5.73 Å². The lowest BCUT2D eigenvalue weighted by Crippen LogP contribution is -2.48. The molecular formula is C8H20N2O4S2. The Kier molecular flexibility index (Phi) is 5.37. The Bertz CT molecular complexity index is 415. The summed E-state index contributed by atoms with van der Waals surface area (Å²) in [5.74, 6) is 0. The van der Waals surface area contributed by atoms with Crippen LogP contribution in [0.1, 0.15) is 26.7 Å². The Morgan fingerprint density at radius 2 is 1.75 bits per heavy atom. The van der Waals surface area contributed by atoms with Gasteiger partial charge in [-0.3, -0.25) is 0 Å². The van der Waals surface area contributed by atoms with Gasteiger partial charge < -0.3 is 5.73 Å². The first-order valence-corrected chi connectivity index (χ1v) is 8.64. The van der Waals surface area contributed by atoms with Crippen LogP contribution in [0.15, 0.2) is 0 Å². The maximum Gasteiger partial charge on any atom is 0.226 e. The van der Waals surface area contributed by atoms with Crippen molar-refractivity contribution in [1.29, 1.82) is 0 Å². The Hall–Kier alpha value is -0.180. The van der Waals surface area contributed by atoms with Crippen molar-refractivity contribution in [2.75, 3.05) is 17.9 Å². The van der Waals surface area contributed by atoms with E-state index in [1.807, 2.05) is 6.92 Å². The molecule has 0 rings (SSSR count). The average Bonchev–Trinajstić information content (AvgIpc) is 1.98. The molecule has 0 aliphatic carbocycles. The molecule has 16 heavy (non-hydrogen) atoms. The fraction of sp³-hybridized carbons (Fsp3) is 1.00. The van der Waals surface area contributed by atoms with Crippen LogP contribution >= 0.6 is 0 Å². The molecule has 1 unspecified atom stereocenters. The lowest BCUT2D eigenvalue weighted by molar-refractivity contribution is 0.380. The van der Waals surface area contributed by atoms with Gasteiger partial charge in [0.2, 0.25) is 10.0 Å². The van der Waals surface area contributed by atoms with Crippen molar-refractivity contribution in [3.8, 4) is 0 Å². The van der Waals surface area contributed by atoms with Crippen molar-refractivity contribution < 1.29 is 16.8 Å². The van der Waals surface area contributed by atoms with Gasteiger partial charge in [0.15, 0.2) is 14.9 Å². The van der Waals surface area contributed by atoms with Crippen LogP contribution in [0.25, 0.3) is 0 Å². The summed E-state index contributed by atoms with van der Waals surface area (Å²) in [7, 11) is -7.38. The van der Waals surface area contributed by atoms with Crippen molar-refractivity contribution in [2.24, 2.45) is 5.73 Å². The molecule has 0 aromatic carbocycles. The zero-order valence-electron chi connectivity index (χ0n) is 9.86. The van der Waals surface area contributed by atoms with Crippen LogP contribution in [0, 0.1) is 0 Å². The molecule has 6 nitrogen and oxygen atoms in total. The van der Waals surface area contributed by atoms with Gasteiger partial charge in [0.05, 0.1) is 0 Å². The van der Waals surface area contributed by atoms with Crippen LogP contribution in [0.2, 0.25) is 0 Å². The Balaban J connectivity index is 4.82. The summed E-state index contributed by atoms with van der Waals surface area (Å²) in [5, 5.41) is -0.889. The van der Waals surface area contributed by atoms with Gasteiger partial charge in [0.25, 0.3) is 0 Å². The van der Waals surface area contributed by atoms with E-state index in [1.54, 1.807) is 6.92 Å². The van der Waals surface area contributed by atoms with Crippen LogP contribution in [0.5, 0.6) is 0 Å². The minimum absolute atomic E-state index is 0.339. The molecule has 0 spiro atoms. The van der Waals surface area contributed by atoms with Gasteiger partial charge in [-0.05, 0) is 26.3 Å². The molecule has 98 valence electrons. The van der Waals surface area contributed by atoms with Crippen molar-refractivity contribution >= 4 is 19.9 Å². The SMILES string of the molecule is CCC(C)(CCN)NS(=O)(=O)CS(C)(=O)=O. The second-order valence-electron chi connectivity index (χ2n) is 4.21. The highest BCUT2D eigenvalue weighted by Gasteiger charge is 2.29. The average molecular weight is 272 g/mol. The van der Waals surface area contributed by atoms with Gasteiger partial charge in [-0.15, -0.1) is 0 Å². The van der Waals surface area contributed by atoms with Crippen molar-refractivity contribution in [1.82, 2.24) is 4.72 Å². The molecule has 0 aliphatic rings. The van der Waals surface area contributed by atoms with Gasteiger partial charge in [-0.25, -0.2) is 21.6 Å². The third kappa shape index (κ3) is 6.41. The zero-order valence-corrected chi connectivity index (χ0v) is 11.5. The summed E-state index contributed by atoms with van der Waals surface area (Å²) in [5.41, 5.74) is 4.70. The maximum atomic E-state index is 11.6. The molecule has 0 fully saturated rings. The van der Waals surface area contributed by atoms with E-state index in [0.717, 1.165) is 6.26 Å². The summed E-state index contributed by atoms with van der Waals surface area (Å²) >= 11 is 0. The van der Waals surface area contributed by atoms with Crippen molar-refractivity contribution in [3.63, 3.8) is 0 Å². The third-order valence-corrected chi connectivity index (χ3v) is 6.01. The number of sulfonamides is 1. The standard InChI is InChI=1S/C8H20N2O4S2/c1-4-8(2,5-6-9)10-16(13,14)7-15(3,11)12/h10H,4-7,9H2,1-3H3. The highest BCUT2D eigenvalue weighted by molar-refractivity contribution is 8.06. The number of hydrogen-bond acceptors (Lipinski definition) is 5. The van der Waals surface area contributed by atoms with Gasteiger partial charge in [-0.1, -0.05) is 6.92 Å². The number of rotatable bonds is 7. The van der Waals surface area contributed by atoms with E-state index in [0.29, 0.717) is 19.4 Å². The molecular weight excluding hydrogens is 252 g/mol. The number of hydrogen-bond donors (Lipinski definition) is 2. The second-order valence-corrected chi connectivity index (χ2v) is 8.44. The molecule has 0 amide bonds. The highest BCUT2D eigenvalue weighted by Crippen LogP contribution is 2.15. The molecule has 0 radical (unpaired) electrons. The molecule has 8 heteroatoms. The number of nitrogens with one attached hydrogen (secondary N) is 1. The maximum absolute atomic E-state index is 11.6. The predicted molar refractivity (Wildman–Crippen MR) is 64.1 cm³/mol. The molecule has 3 N–H and O–H groups in total. The van der Waals surface area contributed by atoms with E-state index in [2.05, 4.69) is 4.72 Å². The van der Waals surface area contributed by atoms with Crippen molar-refractivity contribution in [2.45, 2.75) is 32.2 Å². The van der Waals surface area contributed by atoms with E-state index in [9.17, 15) is 16.8 Å². The van der Waals surface area contributed by atoms with Crippen LogP contribution in [-0.4, -0.2) is 40.3 Å². The van der Waals surface area contributed by atoms with Crippen LogP contribution in [0.3, 0.4) is 0 Å². The normalized spacial score (nSPS) is 17.0. The number of nitrogens with two attached hydrogens (primary N) is 1. The minimum Gasteiger partial charge on any atom is -0.330 e. The van der Waals surface area contributed by atoms with Gasteiger partial charge in [0.1, 0.15) is 0 Å². The van der Waals surface area contributed by atoms with Gasteiger partial charge in [0, 0.05) is 11.8 Å². The zero-order chi connectivity index (χ0) is 13.0. The monoisotopic (exact) mass is 272 g/mol. The molecule has 0 saturated heterocycles. The minimum atomic E-state index is -3.82. The van der Waals surface area contributed by atoms with E-state index >= 15 is 0 Å². The summed E-state index contributed by atoms with van der Waals surface area (Å²) in [4.78, 5) is 0. The van der Waals surface area contributed by atoms with Crippen molar-refractivity contribution in [3.05, 3.63) is 0 Å². The van der Waals surface area contributed by atoms with Crippen LogP contribution in [0.4, 0.5) is 0 Å². The molecule has 0 aliphatic heterocycles. The highest BCUT2D eigenvalue weighted by atomic mass is 32.3. The Morgan fingerprint density at radius 3 is 2.06 bits per heavy atom. The molecule has 0 aromatic heterocycles. The molecule has 0 saturated carbocycles. The quantitative estimate of drug-likeness (QED) is 0.645. The second kappa shape index (κ2) is 5.44. The summed E-state index contributed by atoms with van der Waals surface area (Å²) in [6.45, 7) is 3.87. The Morgan fingerprint density at radius 1 is 1.25 bits per heavy atom. The lowest BCUT2D eigenvalue weighted by Gasteiger charge is -2.28.